The third-order valence-electron chi connectivity index (χ3n) is 2.56. The Morgan fingerprint density at radius 1 is 1.53 bits per heavy atom. The van der Waals surface area contributed by atoms with Gasteiger partial charge < -0.3 is 5.11 Å². The molecular formula is C10H17N3O2. The van der Waals surface area contributed by atoms with Gasteiger partial charge in [-0.3, -0.25) is 0 Å². The number of hydrogen-bond donors (Lipinski definition) is 1. The molecule has 0 bridgehead atoms. The highest BCUT2D eigenvalue weighted by Gasteiger charge is 2.17. The van der Waals surface area contributed by atoms with Crippen LogP contribution in [0.3, 0.4) is 0 Å². The van der Waals surface area contributed by atoms with E-state index in [1.807, 2.05) is 6.92 Å². The number of carboxylic acids is 1. The minimum Gasteiger partial charge on any atom is -0.476 e. The van der Waals surface area contributed by atoms with Crippen LogP contribution in [-0.4, -0.2) is 26.1 Å². The van der Waals surface area contributed by atoms with Crippen LogP contribution < -0.4 is 0 Å². The van der Waals surface area contributed by atoms with E-state index in [0.29, 0.717) is 18.0 Å². The van der Waals surface area contributed by atoms with Crippen molar-refractivity contribution in [2.75, 3.05) is 0 Å². The molecule has 1 rings (SSSR count). The van der Waals surface area contributed by atoms with Crippen molar-refractivity contribution in [1.29, 1.82) is 0 Å². The van der Waals surface area contributed by atoms with Crippen molar-refractivity contribution in [3.8, 4) is 0 Å². The number of hydrogen-bond acceptors (Lipinski definition) is 3. The van der Waals surface area contributed by atoms with Crippen molar-refractivity contribution in [3.63, 3.8) is 0 Å². The van der Waals surface area contributed by atoms with Gasteiger partial charge in [-0.1, -0.05) is 32.4 Å². The molecule has 0 aromatic carbocycles. The number of aromatic nitrogens is 3. The molecule has 0 saturated heterocycles. The van der Waals surface area contributed by atoms with Crippen molar-refractivity contribution in [2.45, 2.75) is 40.2 Å². The van der Waals surface area contributed by atoms with E-state index in [1.165, 1.54) is 0 Å². The van der Waals surface area contributed by atoms with Crippen LogP contribution in [-0.2, 0) is 13.0 Å². The molecule has 0 saturated carbocycles. The first-order valence-corrected chi connectivity index (χ1v) is 5.25. The fraction of sp³-hybridized carbons (Fsp3) is 0.700. The Balaban J connectivity index is 2.94. The Kier molecular flexibility index (Phi) is 3.82. The second-order valence-corrected chi connectivity index (χ2v) is 3.74. The van der Waals surface area contributed by atoms with Crippen LogP contribution in [0, 0.1) is 5.92 Å². The average Bonchev–Trinajstić information content (AvgIpc) is 2.60. The highest BCUT2D eigenvalue weighted by atomic mass is 16.4. The molecule has 1 aromatic rings. The van der Waals surface area contributed by atoms with Crippen LogP contribution in [0.15, 0.2) is 0 Å². The lowest BCUT2D eigenvalue weighted by atomic mass is 10.1. The Morgan fingerprint density at radius 3 is 2.67 bits per heavy atom. The highest BCUT2D eigenvalue weighted by Crippen LogP contribution is 2.10. The van der Waals surface area contributed by atoms with Gasteiger partial charge in [-0.05, 0) is 12.3 Å². The summed E-state index contributed by atoms with van der Waals surface area (Å²) in [6, 6.07) is 0. The first-order valence-electron chi connectivity index (χ1n) is 5.25. The highest BCUT2D eigenvalue weighted by molar-refractivity contribution is 5.86. The second kappa shape index (κ2) is 4.91. The summed E-state index contributed by atoms with van der Waals surface area (Å²) in [7, 11) is 0. The molecule has 1 heterocycles. The summed E-state index contributed by atoms with van der Waals surface area (Å²) in [5.74, 6) is -0.513. The standard InChI is InChI=1S/C10H17N3O2/c1-4-7(3)6-13-8(5-2)9(10(14)15)11-12-13/h7H,4-6H2,1-3H3,(H,14,15). The predicted octanol–water partition coefficient (Wildman–Crippen LogP) is 1.58. The molecule has 1 aromatic heterocycles. The number of rotatable bonds is 5. The SMILES string of the molecule is CCc1c(C(=O)O)nnn1CC(C)CC. The smallest absolute Gasteiger partial charge is 0.358 e. The first kappa shape index (κ1) is 11.7. The Labute approximate surface area is 89.1 Å². The van der Waals surface area contributed by atoms with Gasteiger partial charge >= 0.3 is 5.97 Å². The van der Waals surface area contributed by atoms with Gasteiger partial charge in [0.15, 0.2) is 5.69 Å². The summed E-state index contributed by atoms with van der Waals surface area (Å²) in [6.45, 7) is 6.87. The summed E-state index contributed by atoms with van der Waals surface area (Å²) in [5.41, 5.74) is 0.795. The van der Waals surface area contributed by atoms with E-state index in [0.717, 1.165) is 13.0 Å². The van der Waals surface area contributed by atoms with Gasteiger partial charge in [-0.15, -0.1) is 5.10 Å². The molecule has 0 fully saturated rings. The fourth-order valence-electron chi connectivity index (χ4n) is 1.42. The maximum Gasteiger partial charge on any atom is 0.358 e. The third kappa shape index (κ3) is 2.55. The van der Waals surface area contributed by atoms with E-state index in [9.17, 15) is 4.79 Å². The predicted molar refractivity (Wildman–Crippen MR) is 55.8 cm³/mol. The normalized spacial score (nSPS) is 12.7. The summed E-state index contributed by atoms with van der Waals surface area (Å²) in [5, 5.41) is 16.5. The lowest BCUT2D eigenvalue weighted by Gasteiger charge is -2.09. The third-order valence-corrected chi connectivity index (χ3v) is 2.56. The van der Waals surface area contributed by atoms with Gasteiger partial charge in [0.1, 0.15) is 0 Å². The second-order valence-electron chi connectivity index (χ2n) is 3.74. The van der Waals surface area contributed by atoms with Crippen molar-refractivity contribution >= 4 is 5.97 Å². The lowest BCUT2D eigenvalue weighted by Crippen LogP contribution is -2.12. The zero-order chi connectivity index (χ0) is 11.4. The number of aromatic carboxylic acids is 1. The largest absolute Gasteiger partial charge is 0.476 e. The van der Waals surface area contributed by atoms with Crippen LogP contribution in [0.5, 0.6) is 0 Å². The van der Waals surface area contributed by atoms with Gasteiger partial charge in [-0.25, -0.2) is 9.48 Å². The van der Waals surface area contributed by atoms with Gasteiger partial charge in [0.2, 0.25) is 0 Å². The van der Waals surface area contributed by atoms with Gasteiger partial charge in [-0.2, -0.15) is 0 Å². The van der Waals surface area contributed by atoms with Crippen molar-refractivity contribution in [2.24, 2.45) is 5.92 Å². The number of carbonyl (C=O) groups is 1. The van der Waals surface area contributed by atoms with Gasteiger partial charge in [0, 0.05) is 6.54 Å². The van der Waals surface area contributed by atoms with Crippen LogP contribution in [0.25, 0.3) is 0 Å². The number of nitrogens with zero attached hydrogens (tertiary/aromatic N) is 3. The zero-order valence-electron chi connectivity index (χ0n) is 9.40. The summed E-state index contributed by atoms with van der Waals surface area (Å²) < 4.78 is 1.71. The lowest BCUT2D eigenvalue weighted by molar-refractivity contribution is 0.0689. The summed E-state index contributed by atoms with van der Waals surface area (Å²) >= 11 is 0. The fourth-order valence-corrected chi connectivity index (χ4v) is 1.42. The molecule has 84 valence electrons. The first-order chi connectivity index (χ1) is 7.10. The molecule has 5 nitrogen and oxygen atoms in total. The van der Waals surface area contributed by atoms with Crippen molar-refractivity contribution in [3.05, 3.63) is 11.4 Å². The molecule has 0 amide bonds. The topological polar surface area (TPSA) is 68.0 Å². The molecular weight excluding hydrogens is 194 g/mol. The Bertz CT molecular complexity index is 346. The number of carboxylic acid groups (broad SMARTS) is 1. The molecule has 0 aliphatic heterocycles. The van der Waals surface area contributed by atoms with Crippen LogP contribution in [0.1, 0.15) is 43.4 Å². The maximum absolute atomic E-state index is 10.8. The molecule has 0 aliphatic rings. The van der Waals surface area contributed by atoms with Gasteiger partial charge in [0.05, 0.1) is 5.69 Å². The molecule has 1 unspecified atom stereocenters. The summed E-state index contributed by atoms with van der Waals surface area (Å²) in [6.07, 6.45) is 1.69. The minimum atomic E-state index is -0.998. The van der Waals surface area contributed by atoms with Crippen LogP contribution >= 0.6 is 0 Å². The maximum atomic E-state index is 10.8. The molecule has 0 radical (unpaired) electrons. The molecule has 0 aliphatic carbocycles. The average molecular weight is 211 g/mol. The molecule has 5 heteroatoms. The quantitative estimate of drug-likeness (QED) is 0.803. The van der Waals surface area contributed by atoms with Crippen molar-refractivity contribution < 1.29 is 9.90 Å². The monoisotopic (exact) mass is 211 g/mol. The van der Waals surface area contributed by atoms with Crippen LogP contribution in [0.4, 0.5) is 0 Å². The molecule has 1 atom stereocenters. The molecule has 0 spiro atoms. The molecule has 15 heavy (non-hydrogen) atoms. The molecule has 1 N–H and O–H groups in total. The Morgan fingerprint density at radius 2 is 2.20 bits per heavy atom. The van der Waals surface area contributed by atoms with E-state index in [4.69, 9.17) is 5.11 Å². The van der Waals surface area contributed by atoms with E-state index in [2.05, 4.69) is 24.2 Å². The Hall–Kier alpha value is -1.39. The van der Waals surface area contributed by atoms with E-state index in [-0.39, 0.29) is 5.69 Å². The van der Waals surface area contributed by atoms with Crippen molar-refractivity contribution in [1.82, 2.24) is 15.0 Å². The van der Waals surface area contributed by atoms with Gasteiger partial charge in [0.25, 0.3) is 0 Å². The van der Waals surface area contributed by atoms with E-state index >= 15 is 0 Å². The summed E-state index contributed by atoms with van der Waals surface area (Å²) in [4.78, 5) is 10.8. The minimum absolute atomic E-state index is 0.0841. The van der Waals surface area contributed by atoms with E-state index < -0.39 is 5.97 Å². The van der Waals surface area contributed by atoms with E-state index in [1.54, 1.807) is 4.68 Å². The van der Waals surface area contributed by atoms with Crippen LogP contribution in [0.2, 0.25) is 0 Å². The zero-order valence-corrected chi connectivity index (χ0v) is 9.40.